The molecule has 1 fully saturated rings. The van der Waals surface area contributed by atoms with E-state index in [0.29, 0.717) is 18.1 Å². The Hall–Kier alpha value is -2.99. The summed E-state index contributed by atoms with van der Waals surface area (Å²) in [5.74, 6) is 1.69. The Morgan fingerprint density at radius 1 is 0.970 bits per heavy atom. The summed E-state index contributed by atoms with van der Waals surface area (Å²) in [5.41, 5.74) is 4.63. The van der Waals surface area contributed by atoms with E-state index in [-0.39, 0.29) is 0 Å². The molecule has 0 saturated heterocycles. The topological polar surface area (TPSA) is 66.0 Å². The molecule has 2 aliphatic rings. The molecule has 6 nitrogen and oxygen atoms in total. The first kappa shape index (κ1) is 21.8. The fourth-order valence-corrected chi connectivity index (χ4v) is 5.10. The van der Waals surface area contributed by atoms with E-state index in [1.54, 1.807) is 0 Å². The van der Waals surface area contributed by atoms with Crippen molar-refractivity contribution in [2.75, 3.05) is 16.8 Å². The number of pyridine rings is 1. The summed E-state index contributed by atoms with van der Waals surface area (Å²) in [6, 6.07) is 16.2. The van der Waals surface area contributed by atoms with Gasteiger partial charge in [0.1, 0.15) is 5.82 Å². The van der Waals surface area contributed by atoms with Crippen molar-refractivity contribution in [3.63, 3.8) is 0 Å². The lowest BCUT2D eigenvalue weighted by molar-refractivity contribution is 0.335. The molecule has 0 atom stereocenters. The van der Waals surface area contributed by atoms with Gasteiger partial charge in [0.25, 0.3) is 0 Å². The number of anilines is 3. The molecule has 5 rings (SSSR count). The van der Waals surface area contributed by atoms with Crippen LogP contribution in [0.3, 0.4) is 0 Å². The smallest absolute Gasteiger partial charge is 0.224 e. The maximum Gasteiger partial charge on any atom is 0.224 e. The highest BCUT2D eigenvalue weighted by atomic mass is 15.2. The van der Waals surface area contributed by atoms with Crippen LogP contribution in [0.25, 0.3) is 11.3 Å². The van der Waals surface area contributed by atoms with Crippen LogP contribution in [0.5, 0.6) is 0 Å². The average Bonchev–Trinajstić information content (AvgIpc) is 2.85. The molecule has 0 bridgehead atoms. The Kier molecular flexibility index (Phi) is 6.53. The third-order valence-electron chi connectivity index (χ3n) is 6.70. The number of benzene rings is 1. The number of fused-ring (bicyclic) bond motifs is 1. The molecule has 0 spiro atoms. The predicted octanol–water partition coefficient (Wildman–Crippen LogP) is 5.34. The van der Waals surface area contributed by atoms with Crippen molar-refractivity contribution >= 4 is 17.5 Å². The standard InChI is InChI=1S/C27H34N6/c1-19(2)30-22-10-12-23(13-11-22)31-27-28-15-14-26(32-27)33-16-6-9-21-18-29-24(17-25(21)33)20-7-4-3-5-8-20/h3-5,7-8,14-15,17-19,22-23,30H,6,9-13,16H2,1-2H3,(H,28,31,32)/t22-,23-. The zero-order chi connectivity index (χ0) is 22.6. The number of aryl methyl sites for hydroxylation is 1. The maximum atomic E-state index is 4.93. The Balaban J connectivity index is 1.33. The van der Waals surface area contributed by atoms with Crippen LogP contribution in [0, 0.1) is 0 Å². The van der Waals surface area contributed by atoms with Crippen LogP contribution in [0.15, 0.2) is 54.9 Å². The average molecular weight is 443 g/mol. The van der Waals surface area contributed by atoms with Crippen molar-refractivity contribution < 1.29 is 0 Å². The molecule has 172 valence electrons. The van der Waals surface area contributed by atoms with Crippen molar-refractivity contribution in [3.8, 4) is 11.3 Å². The zero-order valence-electron chi connectivity index (χ0n) is 19.7. The summed E-state index contributed by atoms with van der Waals surface area (Å²) in [6.45, 7) is 5.40. The minimum atomic E-state index is 0.438. The number of nitrogens with one attached hydrogen (secondary N) is 2. The highest BCUT2D eigenvalue weighted by Crippen LogP contribution is 2.35. The van der Waals surface area contributed by atoms with Crippen LogP contribution in [-0.2, 0) is 6.42 Å². The second-order valence-corrected chi connectivity index (χ2v) is 9.57. The van der Waals surface area contributed by atoms with Crippen LogP contribution in [-0.4, -0.2) is 39.6 Å². The molecule has 2 aromatic heterocycles. The van der Waals surface area contributed by atoms with Gasteiger partial charge in [-0.1, -0.05) is 44.2 Å². The summed E-state index contributed by atoms with van der Waals surface area (Å²) in [6.07, 6.45) is 10.8. The first-order valence-electron chi connectivity index (χ1n) is 12.3. The molecule has 0 unspecified atom stereocenters. The van der Waals surface area contributed by atoms with Crippen molar-refractivity contribution in [1.29, 1.82) is 0 Å². The highest BCUT2D eigenvalue weighted by Gasteiger charge is 2.24. The molecule has 3 heterocycles. The lowest BCUT2D eigenvalue weighted by Crippen LogP contribution is -2.40. The van der Waals surface area contributed by atoms with Gasteiger partial charge in [-0.2, -0.15) is 4.98 Å². The second kappa shape index (κ2) is 9.87. The molecule has 2 N–H and O–H groups in total. The summed E-state index contributed by atoms with van der Waals surface area (Å²) in [5, 5.41) is 7.28. The number of aromatic nitrogens is 3. The van der Waals surface area contributed by atoms with Crippen molar-refractivity contribution in [2.24, 2.45) is 0 Å². The van der Waals surface area contributed by atoms with E-state index in [9.17, 15) is 0 Å². The lowest BCUT2D eigenvalue weighted by Gasteiger charge is -2.32. The molecular formula is C27H34N6. The van der Waals surface area contributed by atoms with E-state index in [1.165, 1.54) is 24.1 Å². The Bertz CT molecular complexity index is 1060. The molecule has 1 aromatic carbocycles. The van der Waals surface area contributed by atoms with E-state index in [4.69, 9.17) is 9.97 Å². The molecule has 0 radical (unpaired) electrons. The number of hydrogen-bond donors (Lipinski definition) is 2. The quantitative estimate of drug-likeness (QED) is 0.537. The third kappa shape index (κ3) is 5.17. The molecule has 33 heavy (non-hydrogen) atoms. The molecule has 3 aromatic rings. The van der Waals surface area contributed by atoms with Crippen molar-refractivity contribution in [3.05, 3.63) is 60.4 Å². The molecule has 1 aliphatic heterocycles. The van der Waals surface area contributed by atoms with E-state index < -0.39 is 0 Å². The predicted molar refractivity (Wildman–Crippen MR) is 135 cm³/mol. The first-order valence-corrected chi connectivity index (χ1v) is 12.3. The van der Waals surface area contributed by atoms with E-state index in [2.05, 4.69) is 64.7 Å². The lowest BCUT2D eigenvalue weighted by atomic mass is 9.91. The van der Waals surface area contributed by atoms with Crippen molar-refractivity contribution in [2.45, 2.75) is 70.5 Å². The van der Waals surface area contributed by atoms with Crippen LogP contribution in [0.1, 0.15) is 51.5 Å². The fraction of sp³-hybridized carbons (Fsp3) is 0.444. The Labute approximate surface area is 196 Å². The summed E-state index contributed by atoms with van der Waals surface area (Å²) < 4.78 is 0. The maximum absolute atomic E-state index is 4.93. The zero-order valence-corrected chi connectivity index (χ0v) is 19.7. The number of nitrogens with zero attached hydrogens (tertiary/aromatic N) is 4. The van der Waals surface area contributed by atoms with E-state index in [0.717, 1.165) is 55.3 Å². The minimum Gasteiger partial charge on any atom is -0.351 e. The molecule has 0 amide bonds. The van der Waals surface area contributed by atoms with Crippen LogP contribution >= 0.6 is 0 Å². The van der Waals surface area contributed by atoms with Gasteiger partial charge in [-0.25, -0.2) is 4.98 Å². The van der Waals surface area contributed by atoms with Gasteiger partial charge in [-0.05, 0) is 56.2 Å². The third-order valence-corrected chi connectivity index (χ3v) is 6.70. The van der Waals surface area contributed by atoms with Gasteiger partial charge in [0.2, 0.25) is 5.95 Å². The number of rotatable bonds is 6. The van der Waals surface area contributed by atoms with Gasteiger partial charge in [-0.3, -0.25) is 4.98 Å². The highest BCUT2D eigenvalue weighted by molar-refractivity contribution is 5.72. The molecular weight excluding hydrogens is 408 g/mol. The van der Waals surface area contributed by atoms with Crippen molar-refractivity contribution in [1.82, 2.24) is 20.3 Å². The summed E-state index contributed by atoms with van der Waals surface area (Å²) in [4.78, 5) is 16.5. The van der Waals surface area contributed by atoms with Gasteiger partial charge in [0.15, 0.2) is 0 Å². The fourth-order valence-electron chi connectivity index (χ4n) is 5.10. The van der Waals surface area contributed by atoms with E-state index >= 15 is 0 Å². The van der Waals surface area contributed by atoms with Gasteiger partial charge >= 0.3 is 0 Å². The Morgan fingerprint density at radius 2 is 1.76 bits per heavy atom. The van der Waals surface area contributed by atoms with Gasteiger partial charge < -0.3 is 15.5 Å². The van der Waals surface area contributed by atoms with E-state index in [1.807, 2.05) is 24.5 Å². The molecule has 6 heteroatoms. The summed E-state index contributed by atoms with van der Waals surface area (Å²) in [7, 11) is 0. The van der Waals surface area contributed by atoms with Crippen LogP contribution in [0.4, 0.5) is 17.5 Å². The molecule has 1 saturated carbocycles. The largest absolute Gasteiger partial charge is 0.351 e. The molecule has 1 aliphatic carbocycles. The number of hydrogen-bond acceptors (Lipinski definition) is 6. The van der Waals surface area contributed by atoms with Gasteiger partial charge in [-0.15, -0.1) is 0 Å². The monoisotopic (exact) mass is 442 g/mol. The van der Waals surface area contributed by atoms with Crippen LogP contribution < -0.4 is 15.5 Å². The second-order valence-electron chi connectivity index (χ2n) is 9.57. The van der Waals surface area contributed by atoms with Crippen LogP contribution in [0.2, 0.25) is 0 Å². The first-order chi connectivity index (χ1) is 16.2. The Morgan fingerprint density at radius 3 is 2.55 bits per heavy atom. The van der Waals surface area contributed by atoms with Gasteiger partial charge in [0.05, 0.1) is 5.69 Å². The minimum absolute atomic E-state index is 0.438. The summed E-state index contributed by atoms with van der Waals surface area (Å²) >= 11 is 0. The van der Waals surface area contributed by atoms with Gasteiger partial charge in [0, 0.05) is 48.3 Å². The SMILES string of the molecule is CC(C)N[C@H]1CC[C@H](Nc2nccc(N3CCCc4cnc(-c5ccccc5)cc43)n2)CC1. The normalized spacial score (nSPS) is 20.5.